The lowest BCUT2D eigenvalue weighted by Crippen LogP contribution is -2.50. The molecular weight excluding hydrogens is 532 g/mol. The van der Waals surface area contributed by atoms with E-state index in [1.54, 1.807) is 6.07 Å². The highest BCUT2D eigenvalue weighted by Crippen LogP contribution is 2.52. The van der Waals surface area contributed by atoms with Crippen molar-refractivity contribution in [2.75, 3.05) is 20.7 Å². The molecule has 1 spiro atoms. The summed E-state index contributed by atoms with van der Waals surface area (Å²) in [5.74, 6) is -4.69. The fourth-order valence-corrected chi connectivity index (χ4v) is 6.22. The Bertz CT molecular complexity index is 1410. The maximum atomic E-state index is 10.3. The van der Waals surface area contributed by atoms with Crippen LogP contribution < -0.4 is 0 Å². The largest absolute Gasteiger partial charge is 0.508 e. The first-order valence-corrected chi connectivity index (χ1v) is 13.4. The number of phenols is 1. The van der Waals surface area contributed by atoms with E-state index in [4.69, 9.17) is 25.2 Å². The summed E-state index contributed by atoms with van der Waals surface area (Å²) in [6, 6.07) is 16.5. The number of aromatic amines is 1. The number of aromatic nitrogens is 1. The Balaban J connectivity index is 0.000000254. The van der Waals surface area contributed by atoms with Gasteiger partial charge in [0.2, 0.25) is 0 Å². The van der Waals surface area contributed by atoms with E-state index >= 15 is 0 Å². The lowest BCUT2D eigenvalue weighted by molar-refractivity contribution is -0.170. The second-order valence-electron chi connectivity index (χ2n) is 11.1. The molecule has 2 aliphatic rings. The first kappa shape index (κ1) is 30.0. The van der Waals surface area contributed by atoms with Gasteiger partial charge in [0.25, 0.3) is 0 Å². The molecule has 11 nitrogen and oxygen atoms in total. The van der Waals surface area contributed by atoms with Gasteiger partial charge in [0.05, 0.1) is 25.1 Å². The number of aromatic hydroxyl groups is 1. The molecule has 220 valence electrons. The summed E-state index contributed by atoms with van der Waals surface area (Å²) in [6.45, 7) is 0.746. The molecule has 2 heterocycles. The Labute approximate surface area is 237 Å². The minimum absolute atomic E-state index is 0.0533. The number of hydrogen-bond donors (Lipinski definition) is 6. The number of nitrogens with zero attached hydrogens (tertiary/aromatic N) is 1. The summed E-state index contributed by atoms with van der Waals surface area (Å²) < 4.78 is 6.49. The van der Waals surface area contributed by atoms with E-state index in [0.717, 1.165) is 49.6 Å². The Morgan fingerprint density at radius 1 is 0.951 bits per heavy atom. The number of benzene rings is 2. The average molecular weight is 569 g/mol. The molecular formula is C30H36N2O9. The Morgan fingerprint density at radius 2 is 1.56 bits per heavy atom. The average Bonchev–Trinajstić information content (AvgIpc) is 3.28. The number of aliphatic carboxylic acids is 3. The second kappa shape index (κ2) is 11.5. The molecule has 5 rings (SSSR count). The van der Waals surface area contributed by atoms with E-state index in [9.17, 15) is 19.5 Å². The van der Waals surface area contributed by atoms with Crippen molar-refractivity contribution < 1.29 is 44.7 Å². The van der Waals surface area contributed by atoms with Crippen molar-refractivity contribution in [2.24, 2.45) is 0 Å². The number of nitrogens with one attached hydrogen (secondary N) is 1. The number of phenolic OH excluding ortho intramolecular Hbond substituents is 1. The molecule has 1 fully saturated rings. The molecule has 1 aliphatic carbocycles. The number of carbonyl (C=O) groups is 3. The van der Waals surface area contributed by atoms with Crippen molar-refractivity contribution in [1.29, 1.82) is 0 Å². The maximum absolute atomic E-state index is 10.3. The number of carboxylic acid groups (broad SMARTS) is 3. The number of hydrogen-bond acceptors (Lipinski definition) is 7. The van der Waals surface area contributed by atoms with E-state index in [-0.39, 0.29) is 11.1 Å². The molecule has 0 saturated heterocycles. The van der Waals surface area contributed by atoms with Crippen molar-refractivity contribution in [3.8, 4) is 5.75 Å². The zero-order valence-electron chi connectivity index (χ0n) is 23.1. The molecule has 1 aliphatic heterocycles. The fourth-order valence-electron chi connectivity index (χ4n) is 6.22. The smallest absolute Gasteiger partial charge is 0.336 e. The van der Waals surface area contributed by atoms with Crippen LogP contribution in [0.15, 0.2) is 48.5 Å². The SMILES string of the molecule is CN(C)C1(c2ccccc2)CCC2(CC1)OCCc1c2[nH]c2ccc(O)cc12.O=C(O)CC(O)(CC(=O)O)C(=O)O. The van der Waals surface area contributed by atoms with Crippen molar-refractivity contribution in [3.05, 3.63) is 65.4 Å². The quantitative estimate of drug-likeness (QED) is 0.247. The van der Waals surface area contributed by atoms with Crippen molar-refractivity contribution in [3.63, 3.8) is 0 Å². The van der Waals surface area contributed by atoms with Crippen LogP contribution in [0.1, 0.15) is 55.3 Å². The highest BCUT2D eigenvalue weighted by Gasteiger charge is 2.49. The molecule has 1 saturated carbocycles. The summed E-state index contributed by atoms with van der Waals surface area (Å²) in [6.07, 6.45) is 2.72. The van der Waals surface area contributed by atoms with Crippen molar-refractivity contribution >= 4 is 28.8 Å². The molecule has 0 unspecified atom stereocenters. The molecule has 0 atom stereocenters. The zero-order valence-corrected chi connectivity index (χ0v) is 23.1. The molecule has 6 N–H and O–H groups in total. The minimum atomic E-state index is -2.74. The molecule has 2 aromatic carbocycles. The van der Waals surface area contributed by atoms with Gasteiger partial charge in [0.15, 0.2) is 5.60 Å². The number of ether oxygens (including phenoxy) is 1. The number of carboxylic acids is 3. The first-order chi connectivity index (χ1) is 19.3. The Morgan fingerprint density at radius 3 is 2.10 bits per heavy atom. The van der Waals surface area contributed by atoms with Crippen LogP contribution in [0.2, 0.25) is 0 Å². The van der Waals surface area contributed by atoms with Gasteiger partial charge >= 0.3 is 17.9 Å². The second-order valence-corrected chi connectivity index (χ2v) is 11.1. The van der Waals surface area contributed by atoms with Gasteiger partial charge in [-0.2, -0.15) is 0 Å². The van der Waals surface area contributed by atoms with Crippen LogP contribution in [0.4, 0.5) is 0 Å². The number of fused-ring (bicyclic) bond motifs is 4. The minimum Gasteiger partial charge on any atom is -0.508 e. The molecule has 0 amide bonds. The van der Waals surface area contributed by atoms with Gasteiger partial charge in [-0.15, -0.1) is 0 Å². The van der Waals surface area contributed by atoms with Gasteiger partial charge in [-0.3, -0.25) is 14.5 Å². The highest BCUT2D eigenvalue weighted by molar-refractivity contribution is 5.88. The normalized spacial score (nSPS) is 22.1. The monoisotopic (exact) mass is 568 g/mol. The number of H-pyrrole nitrogens is 1. The lowest BCUT2D eigenvalue weighted by Gasteiger charge is -2.50. The fraction of sp³-hybridized carbons (Fsp3) is 0.433. The molecule has 0 radical (unpaired) electrons. The third kappa shape index (κ3) is 5.92. The Hall–Kier alpha value is -3.93. The van der Waals surface area contributed by atoms with Crippen LogP contribution in [0.5, 0.6) is 5.75 Å². The molecule has 11 heteroatoms. The predicted molar refractivity (Wildman–Crippen MR) is 149 cm³/mol. The summed E-state index contributed by atoms with van der Waals surface area (Å²) >= 11 is 0. The van der Waals surface area contributed by atoms with Gasteiger partial charge in [-0.1, -0.05) is 30.3 Å². The predicted octanol–water partition coefficient (Wildman–Crippen LogP) is 3.42. The van der Waals surface area contributed by atoms with Crippen LogP contribution in [0.25, 0.3) is 10.9 Å². The van der Waals surface area contributed by atoms with Crippen molar-refractivity contribution in [2.45, 2.75) is 61.7 Å². The highest BCUT2D eigenvalue weighted by atomic mass is 16.5. The van der Waals surface area contributed by atoms with Crippen LogP contribution in [-0.4, -0.2) is 79.6 Å². The number of rotatable bonds is 7. The first-order valence-electron chi connectivity index (χ1n) is 13.4. The van der Waals surface area contributed by atoms with Gasteiger partial charge in [0, 0.05) is 16.4 Å². The van der Waals surface area contributed by atoms with E-state index in [1.165, 1.54) is 16.8 Å². The van der Waals surface area contributed by atoms with Crippen LogP contribution in [0, 0.1) is 0 Å². The molecule has 41 heavy (non-hydrogen) atoms. The van der Waals surface area contributed by atoms with E-state index in [0.29, 0.717) is 5.75 Å². The van der Waals surface area contributed by atoms with Gasteiger partial charge in [-0.25, -0.2) is 4.79 Å². The van der Waals surface area contributed by atoms with Gasteiger partial charge < -0.3 is 35.3 Å². The van der Waals surface area contributed by atoms with E-state index in [1.807, 2.05) is 12.1 Å². The van der Waals surface area contributed by atoms with E-state index < -0.39 is 36.4 Å². The van der Waals surface area contributed by atoms with Crippen LogP contribution in [0.3, 0.4) is 0 Å². The third-order valence-electron chi connectivity index (χ3n) is 8.41. The summed E-state index contributed by atoms with van der Waals surface area (Å²) in [5, 5.41) is 44.9. The molecule has 3 aromatic rings. The third-order valence-corrected chi connectivity index (χ3v) is 8.41. The molecule has 0 bridgehead atoms. The lowest BCUT2D eigenvalue weighted by atomic mass is 9.68. The maximum Gasteiger partial charge on any atom is 0.336 e. The van der Waals surface area contributed by atoms with E-state index in [2.05, 4.69) is 54.3 Å². The Kier molecular flexibility index (Phi) is 8.44. The molecule has 1 aromatic heterocycles. The summed E-state index contributed by atoms with van der Waals surface area (Å²) in [7, 11) is 4.40. The van der Waals surface area contributed by atoms with Crippen LogP contribution >= 0.6 is 0 Å². The summed E-state index contributed by atoms with van der Waals surface area (Å²) in [4.78, 5) is 36.5. The van der Waals surface area contributed by atoms with Crippen molar-refractivity contribution in [1.82, 2.24) is 9.88 Å². The van der Waals surface area contributed by atoms with Gasteiger partial charge in [-0.05, 0) is 75.5 Å². The zero-order chi connectivity index (χ0) is 30.0. The van der Waals surface area contributed by atoms with Crippen LogP contribution in [-0.2, 0) is 36.7 Å². The summed E-state index contributed by atoms with van der Waals surface area (Å²) in [5.41, 5.74) is 2.13. The topological polar surface area (TPSA) is 181 Å². The van der Waals surface area contributed by atoms with Gasteiger partial charge in [0.1, 0.15) is 11.4 Å². The number of aliphatic hydroxyl groups is 1. The standard InChI is InChI=1S/C24H28N2O2.C6H8O7/c1-26(2)23(17-6-4-3-5-7-17)11-13-24(14-12-23)22-19(10-15-28-24)20-16-18(27)8-9-21(20)25-22;7-3(8)1-6(13,5(11)12)2-4(9)10/h3-9,16,25,27H,10-15H2,1-2H3;13H,1-2H2,(H,7,8)(H,9,10)(H,11,12).